The Hall–Kier alpha value is -3.75. The zero-order valence-corrected chi connectivity index (χ0v) is 22.5. The van der Waals surface area contributed by atoms with E-state index in [9.17, 15) is 28.7 Å². The van der Waals surface area contributed by atoms with Gasteiger partial charge in [-0.2, -0.15) is 0 Å². The number of hydrogen-bond donors (Lipinski definition) is 2. The van der Waals surface area contributed by atoms with Gasteiger partial charge in [0.1, 0.15) is 23.2 Å². The first-order chi connectivity index (χ1) is 19.2. The molecule has 212 valence electrons. The van der Waals surface area contributed by atoms with Crippen LogP contribution in [0.5, 0.6) is 0 Å². The Morgan fingerprint density at radius 1 is 1.00 bits per heavy atom. The normalized spacial score (nSPS) is 21.2. The standard InChI is InChI=1S/C31H35FN2O6/c32-27-4-2-1-3-23(27)18-25(35)16-21-5-8-24-19-34(14-11-22(24)15-21)30(39)40-26-9-6-20(7-10-26)17-28(36)33-31(12-13-31)29(37)38/h1-5,8,15,20,26H,6-7,9-14,16-19H2,(H,33,36)(H,37,38). The number of benzene rings is 2. The van der Waals surface area contributed by atoms with Gasteiger partial charge in [0.2, 0.25) is 5.91 Å². The monoisotopic (exact) mass is 550 g/mol. The molecule has 0 radical (unpaired) electrons. The van der Waals surface area contributed by atoms with E-state index in [0.29, 0.717) is 57.2 Å². The molecule has 2 aromatic carbocycles. The van der Waals surface area contributed by atoms with E-state index in [1.54, 1.807) is 23.1 Å². The number of halogens is 1. The maximum atomic E-state index is 13.9. The molecule has 0 unspecified atom stereocenters. The van der Waals surface area contributed by atoms with Gasteiger partial charge >= 0.3 is 12.1 Å². The molecule has 2 amide bonds. The highest BCUT2D eigenvalue weighted by Crippen LogP contribution is 2.36. The summed E-state index contributed by atoms with van der Waals surface area (Å²) in [6, 6.07) is 12.2. The van der Waals surface area contributed by atoms with Gasteiger partial charge in [-0.05, 0) is 79.2 Å². The lowest BCUT2D eigenvalue weighted by Crippen LogP contribution is -2.44. The zero-order chi connectivity index (χ0) is 28.3. The second kappa shape index (κ2) is 11.8. The van der Waals surface area contributed by atoms with Crippen LogP contribution in [0.3, 0.4) is 0 Å². The lowest BCUT2D eigenvalue weighted by molar-refractivity contribution is -0.143. The highest BCUT2D eigenvalue weighted by Gasteiger charge is 2.51. The number of aliphatic carboxylic acids is 1. The minimum Gasteiger partial charge on any atom is -0.480 e. The third-order valence-electron chi connectivity index (χ3n) is 8.36. The number of carbonyl (C=O) groups excluding carboxylic acids is 3. The van der Waals surface area contributed by atoms with Crippen molar-refractivity contribution in [2.45, 2.75) is 82.4 Å². The smallest absolute Gasteiger partial charge is 0.410 e. The Morgan fingerprint density at radius 3 is 2.45 bits per heavy atom. The number of Topliss-reactive ketones (excluding diaryl/α,β-unsaturated/α-hetero) is 1. The first kappa shape index (κ1) is 27.8. The number of carboxylic acids is 1. The van der Waals surface area contributed by atoms with Crippen LogP contribution >= 0.6 is 0 Å². The molecule has 2 fully saturated rings. The highest BCUT2D eigenvalue weighted by molar-refractivity contribution is 5.89. The summed E-state index contributed by atoms with van der Waals surface area (Å²) >= 11 is 0. The van der Waals surface area contributed by atoms with Gasteiger partial charge in [-0.1, -0.05) is 36.4 Å². The molecule has 0 bridgehead atoms. The molecule has 8 nitrogen and oxygen atoms in total. The Balaban J connectivity index is 1.06. The summed E-state index contributed by atoms with van der Waals surface area (Å²) in [5.74, 6) is -1.44. The predicted octanol–water partition coefficient (Wildman–Crippen LogP) is 4.36. The van der Waals surface area contributed by atoms with Gasteiger partial charge in [-0.3, -0.25) is 9.59 Å². The minimum absolute atomic E-state index is 0.0477. The van der Waals surface area contributed by atoms with E-state index in [2.05, 4.69) is 5.32 Å². The lowest BCUT2D eigenvalue weighted by atomic mass is 9.85. The van der Waals surface area contributed by atoms with E-state index < -0.39 is 11.5 Å². The quantitative estimate of drug-likeness (QED) is 0.480. The van der Waals surface area contributed by atoms with E-state index in [4.69, 9.17) is 4.74 Å². The summed E-state index contributed by atoms with van der Waals surface area (Å²) in [5.41, 5.74) is 2.37. The summed E-state index contributed by atoms with van der Waals surface area (Å²) in [6.45, 7) is 0.970. The molecule has 0 aromatic heterocycles. The van der Waals surface area contributed by atoms with Crippen molar-refractivity contribution in [2.24, 2.45) is 5.92 Å². The number of hydrogen-bond acceptors (Lipinski definition) is 5. The van der Waals surface area contributed by atoms with Gasteiger partial charge in [-0.15, -0.1) is 0 Å². The summed E-state index contributed by atoms with van der Waals surface area (Å²) in [6.07, 6.45) is 4.57. The predicted molar refractivity (Wildman–Crippen MR) is 144 cm³/mol. The zero-order valence-electron chi connectivity index (χ0n) is 22.5. The van der Waals surface area contributed by atoms with Crippen LogP contribution in [-0.4, -0.2) is 51.9 Å². The van der Waals surface area contributed by atoms with Crippen LogP contribution in [0.2, 0.25) is 0 Å². The molecule has 3 aliphatic rings. The van der Waals surface area contributed by atoms with Gasteiger partial charge < -0.3 is 20.1 Å². The number of rotatable bonds is 9. The number of ketones is 1. The van der Waals surface area contributed by atoms with E-state index in [-0.39, 0.29) is 48.5 Å². The van der Waals surface area contributed by atoms with Crippen LogP contribution in [0.15, 0.2) is 42.5 Å². The third kappa shape index (κ3) is 6.69. The fourth-order valence-electron chi connectivity index (χ4n) is 5.78. The second-order valence-electron chi connectivity index (χ2n) is 11.4. The van der Waals surface area contributed by atoms with Gasteiger partial charge in [0.15, 0.2) is 0 Å². The molecule has 2 aromatic rings. The maximum absolute atomic E-state index is 13.9. The van der Waals surface area contributed by atoms with Crippen molar-refractivity contribution >= 4 is 23.8 Å². The third-order valence-corrected chi connectivity index (χ3v) is 8.36. The van der Waals surface area contributed by atoms with Crippen molar-refractivity contribution in [3.8, 4) is 0 Å². The Morgan fingerprint density at radius 2 is 1.75 bits per heavy atom. The number of amides is 2. The topological polar surface area (TPSA) is 113 Å². The molecule has 2 aliphatic carbocycles. The Bertz CT molecular complexity index is 1300. The first-order valence-electron chi connectivity index (χ1n) is 14.1. The van der Waals surface area contributed by atoms with Crippen LogP contribution in [0.1, 0.15) is 67.2 Å². The molecule has 2 N–H and O–H groups in total. The van der Waals surface area contributed by atoms with Crippen molar-refractivity contribution < 1.29 is 33.4 Å². The van der Waals surface area contributed by atoms with Crippen LogP contribution in [0.25, 0.3) is 0 Å². The van der Waals surface area contributed by atoms with Gasteiger partial charge in [0.05, 0.1) is 0 Å². The van der Waals surface area contributed by atoms with Gasteiger partial charge in [0.25, 0.3) is 0 Å². The highest BCUT2D eigenvalue weighted by atomic mass is 19.1. The number of ether oxygens (including phenoxy) is 1. The minimum atomic E-state index is -1.06. The summed E-state index contributed by atoms with van der Waals surface area (Å²) in [7, 11) is 0. The molecule has 40 heavy (non-hydrogen) atoms. The molecular weight excluding hydrogens is 515 g/mol. The number of fused-ring (bicyclic) bond motifs is 1. The fraction of sp³-hybridized carbons (Fsp3) is 0.484. The molecule has 2 saturated carbocycles. The van der Waals surface area contributed by atoms with Crippen LogP contribution < -0.4 is 5.32 Å². The van der Waals surface area contributed by atoms with E-state index >= 15 is 0 Å². The molecule has 0 atom stereocenters. The number of carboxylic acid groups (broad SMARTS) is 1. The number of carbonyl (C=O) groups is 4. The van der Waals surface area contributed by atoms with E-state index in [1.165, 1.54) is 6.07 Å². The average molecular weight is 551 g/mol. The van der Waals surface area contributed by atoms with Crippen LogP contribution in [0.4, 0.5) is 9.18 Å². The lowest BCUT2D eigenvalue weighted by Gasteiger charge is -2.32. The van der Waals surface area contributed by atoms with Crippen molar-refractivity contribution in [2.75, 3.05) is 6.54 Å². The largest absolute Gasteiger partial charge is 0.480 e. The number of nitrogens with one attached hydrogen (secondary N) is 1. The summed E-state index contributed by atoms with van der Waals surface area (Å²) < 4.78 is 19.7. The fourth-order valence-corrected chi connectivity index (χ4v) is 5.78. The van der Waals surface area contributed by atoms with Gasteiger partial charge in [-0.25, -0.2) is 14.0 Å². The molecule has 0 spiro atoms. The van der Waals surface area contributed by atoms with E-state index in [1.807, 2.05) is 18.2 Å². The molecule has 5 rings (SSSR count). The van der Waals surface area contributed by atoms with Gasteiger partial charge in [0, 0.05) is 32.4 Å². The van der Waals surface area contributed by atoms with Crippen molar-refractivity contribution in [3.05, 3.63) is 70.5 Å². The molecule has 1 aliphatic heterocycles. The van der Waals surface area contributed by atoms with Crippen LogP contribution in [-0.2, 0) is 44.9 Å². The van der Waals surface area contributed by atoms with Crippen molar-refractivity contribution in [1.82, 2.24) is 10.2 Å². The Labute approximate surface area is 232 Å². The SMILES string of the molecule is O=C(Cc1ccc2c(c1)CCN(C(=O)OC1CCC(CC(=O)NC3(C(=O)O)CC3)CC1)C2)Cc1ccccc1F. The first-order valence-corrected chi connectivity index (χ1v) is 14.1. The summed E-state index contributed by atoms with van der Waals surface area (Å²) in [5, 5.41) is 11.9. The average Bonchev–Trinajstić information content (AvgIpc) is 3.71. The van der Waals surface area contributed by atoms with Crippen LogP contribution in [0, 0.1) is 11.7 Å². The maximum Gasteiger partial charge on any atom is 0.410 e. The molecule has 1 heterocycles. The van der Waals surface area contributed by atoms with Crippen molar-refractivity contribution in [3.63, 3.8) is 0 Å². The molecular formula is C31H35FN2O6. The van der Waals surface area contributed by atoms with Crippen molar-refractivity contribution in [1.29, 1.82) is 0 Å². The van der Waals surface area contributed by atoms with E-state index in [0.717, 1.165) is 29.5 Å². The summed E-state index contributed by atoms with van der Waals surface area (Å²) in [4.78, 5) is 50.7. The molecule has 9 heteroatoms. The second-order valence-corrected chi connectivity index (χ2v) is 11.4. The Kier molecular flexibility index (Phi) is 8.19. The number of nitrogens with zero attached hydrogens (tertiary/aromatic N) is 1. The molecule has 0 saturated heterocycles.